The number of hydrogen-bond acceptors (Lipinski definition) is 4. The first-order valence-electron chi connectivity index (χ1n) is 9.40. The van der Waals surface area contributed by atoms with Gasteiger partial charge in [0.25, 0.3) is 0 Å². The third-order valence-corrected chi connectivity index (χ3v) is 4.95. The fourth-order valence-corrected chi connectivity index (χ4v) is 3.50. The molecule has 0 aliphatic carbocycles. The van der Waals surface area contributed by atoms with Crippen molar-refractivity contribution >= 4 is 22.4 Å². The Balaban J connectivity index is 1.76. The number of aliphatic hydroxyl groups excluding tert-OH is 1. The number of carbonyl (C=O) groups excluding carboxylic acids is 1. The second kappa shape index (κ2) is 8.20. The minimum absolute atomic E-state index is 0.0398. The Kier molecular flexibility index (Phi) is 5.31. The number of benzene rings is 3. The number of hydrogen-bond donors (Lipinski definition) is 3. The van der Waals surface area contributed by atoms with Crippen LogP contribution in [0.2, 0.25) is 0 Å². The Hall–Kier alpha value is -3.57. The molecule has 146 valence electrons. The van der Waals surface area contributed by atoms with Gasteiger partial charge in [0.15, 0.2) is 5.78 Å². The molecule has 4 aromatic rings. The Morgan fingerprint density at radius 1 is 1.07 bits per heavy atom. The van der Waals surface area contributed by atoms with Gasteiger partial charge in [-0.1, -0.05) is 48.5 Å². The number of anilines is 1. The summed E-state index contributed by atoms with van der Waals surface area (Å²) in [5.41, 5.74) is 3.82. The molecule has 3 N–H and O–H groups in total. The van der Waals surface area contributed by atoms with Crippen LogP contribution in [0.25, 0.3) is 10.9 Å². The lowest BCUT2D eigenvalue weighted by Crippen LogP contribution is -2.21. The highest BCUT2D eigenvalue weighted by atomic mass is 16.5. The first-order chi connectivity index (χ1) is 14.2. The summed E-state index contributed by atoms with van der Waals surface area (Å²) in [6.45, 7) is -0.113. The average molecular weight is 386 g/mol. The molecule has 1 atom stereocenters. The van der Waals surface area contributed by atoms with E-state index in [2.05, 4.69) is 10.3 Å². The number of carbonyl (C=O) groups is 1. The summed E-state index contributed by atoms with van der Waals surface area (Å²) >= 11 is 0. The van der Waals surface area contributed by atoms with Gasteiger partial charge in [0.2, 0.25) is 0 Å². The summed E-state index contributed by atoms with van der Waals surface area (Å²) in [7, 11) is 1.58. The minimum atomic E-state index is -0.589. The second-order valence-electron chi connectivity index (χ2n) is 6.83. The number of ketones is 1. The zero-order chi connectivity index (χ0) is 20.2. The zero-order valence-corrected chi connectivity index (χ0v) is 16.1. The number of nitrogens with one attached hydrogen (secondary N) is 2. The number of rotatable bonds is 7. The van der Waals surface area contributed by atoms with E-state index in [0.717, 1.165) is 16.5 Å². The smallest absolute Gasteiger partial charge is 0.191 e. The summed E-state index contributed by atoms with van der Waals surface area (Å²) in [4.78, 5) is 16.7. The predicted molar refractivity (Wildman–Crippen MR) is 114 cm³/mol. The summed E-state index contributed by atoms with van der Waals surface area (Å²) in [6.07, 6.45) is 1.76. The fourth-order valence-electron chi connectivity index (χ4n) is 3.50. The lowest BCUT2D eigenvalue weighted by molar-refractivity contribution is 0.0971. The van der Waals surface area contributed by atoms with Crippen LogP contribution in [0.15, 0.2) is 79.0 Å². The molecule has 29 heavy (non-hydrogen) atoms. The molecular weight excluding hydrogens is 364 g/mol. The van der Waals surface area contributed by atoms with Crippen molar-refractivity contribution in [1.82, 2.24) is 4.98 Å². The monoisotopic (exact) mass is 386 g/mol. The van der Waals surface area contributed by atoms with E-state index in [9.17, 15) is 9.90 Å². The maximum absolute atomic E-state index is 13.6. The molecule has 0 aliphatic rings. The molecule has 5 nitrogen and oxygen atoms in total. The molecular formula is C24H22N2O3. The number of para-hydroxylation sites is 1. The Morgan fingerprint density at radius 2 is 1.83 bits per heavy atom. The Morgan fingerprint density at radius 3 is 2.59 bits per heavy atom. The highest BCUT2D eigenvalue weighted by Gasteiger charge is 2.24. The van der Waals surface area contributed by atoms with E-state index in [1.165, 1.54) is 0 Å². The van der Waals surface area contributed by atoms with Crippen molar-refractivity contribution in [2.24, 2.45) is 0 Å². The molecule has 0 saturated heterocycles. The Bertz CT molecular complexity index is 1110. The molecule has 1 aromatic heterocycles. The van der Waals surface area contributed by atoms with Crippen LogP contribution in [0.3, 0.4) is 0 Å². The van der Waals surface area contributed by atoms with Gasteiger partial charge < -0.3 is 20.1 Å². The average Bonchev–Trinajstić information content (AvgIpc) is 3.21. The topological polar surface area (TPSA) is 74.3 Å². The van der Waals surface area contributed by atoms with Gasteiger partial charge in [0.05, 0.1) is 13.7 Å². The number of methoxy groups -OCH3 is 1. The van der Waals surface area contributed by atoms with E-state index in [1.807, 2.05) is 66.7 Å². The molecule has 1 unspecified atom stereocenters. The SMILES string of the molecule is COc1cc(CO)cc(NC(C(=O)c2c[nH]c3ccccc23)c2ccccc2)c1. The van der Waals surface area contributed by atoms with Crippen LogP contribution in [-0.2, 0) is 6.61 Å². The van der Waals surface area contributed by atoms with Gasteiger partial charge in [-0.15, -0.1) is 0 Å². The number of Topliss-reactive ketones (excluding diaryl/α,β-unsaturated/α-hetero) is 1. The summed E-state index contributed by atoms with van der Waals surface area (Å²) in [5.74, 6) is 0.576. The van der Waals surface area contributed by atoms with E-state index >= 15 is 0 Å². The molecule has 1 heterocycles. The van der Waals surface area contributed by atoms with Crippen molar-refractivity contribution in [2.45, 2.75) is 12.6 Å². The molecule has 0 amide bonds. The maximum Gasteiger partial charge on any atom is 0.191 e. The van der Waals surface area contributed by atoms with Gasteiger partial charge in [-0.25, -0.2) is 0 Å². The van der Waals surface area contributed by atoms with Gasteiger partial charge in [0, 0.05) is 34.4 Å². The number of H-pyrrole nitrogens is 1. The van der Waals surface area contributed by atoms with E-state index in [0.29, 0.717) is 22.6 Å². The number of aliphatic hydroxyl groups is 1. The van der Waals surface area contributed by atoms with Crippen molar-refractivity contribution in [3.63, 3.8) is 0 Å². The zero-order valence-electron chi connectivity index (χ0n) is 16.1. The molecule has 0 bridgehead atoms. The van der Waals surface area contributed by atoms with Crippen molar-refractivity contribution in [3.8, 4) is 5.75 Å². The molecule has 3 aromatic carbocycles. The van der Waals surface area contributed by atoms with E-state index in [1.54, 1.807) is 19.4 Å². The molecule has 4 rings (SSSR count). The molecule has 5 heteroatoms. The lowest BCUT2D eigenvalue weighted by atomic mass is 9.96. The van der Waals surface area contributed by atoms with Gasteiger partial charge in [-0.2, -0.15) is 0 Å². The van der Waals surface area contributed by atoms with Crippen LogP contribution in [0.4, 0.5) is 5.69 Å². The molecule has 0 spiro atoms. The van der Waals surface area contributed by atoms with E-state index in [-0.39, 0.29) is 12.4 Å². The number of aromatic amines is 1. The Labute approximate surface area is 169 Å². The van der Waals surface area contributed by atoms with Crippen molar-refractivity contribution in [1.29, 1.82) is 0 Å². The van der Waals surface area contributed by atoms with Gasteiger partial charge in [0.1, 0.15) is 11.8 Å². The lowest BCUT2D eigenvalue weighted by Gasteiger charge is -2.20. The van der Waals surface area contributed by atoms with E-state index < -0.39 is 6.04 Å². The molecule has 0 aliphatic heterocycles. The number of ether oxygens (including phenoxy) is 1. The minimum Gasteiger partial charge on any atom is -0.497 e. The third kappa shape index (κ3) is 3.86. The highest BCUT2D eigenvalue weighted by Crippen LogP contribution is 2.29. The first kappa shape index (κ1) is 18.8. The fraction of sp³-hybridized carbons (Fsp3) is 0.125. The van der Waals surface area contributed by atoms with Crippen molar-refractivity contribution in [2.75, 3.05) is 12.4 Å². The number of aromatic nitrogens is 1. The van der Waals surface area contributed by atoms with Gasteiger partial charge in [-0.3, -0.25) is 4.79 Å². The van der Waals surface area contributed by atoms with Gasteiger partial charge in [-0.05, 0) is 29.3 Å². The van der Waals surface area contributed by atoms with Crippen LogP contribution >= 0.6 is 0 Å². The maximum atomic E-state index is 13.6. The molecule has 0 saturated carbocycles. The van der Waals surface area contributed by atoms with Crippen LogP contribution in [-0.4, -0.2) is 23.0 Å². The summed E-state index contributed by atoms with van der Waals surface area (Å²) in [5, 5.41) is 13.8. The summed E-state index contributed by atoms with van der Waals surface area (Å²) in [6, 6.07) is 22.2. The quantitative estimate of drug-likeness (QED) is 0.402. The van der Waals surface area contributed by atoms with Crippen LogP contribution in [0, 0.1) is 0 Å². The normalized spacial score (nSPS) is 11.9. The van der Waals surface area contributed by atoms with Crippen molar-refractivity contribution in [3.05, 3.63) is 95.7 Å². The second-order valence-corrected chi connectivity index (χ2v) is 6.83. The number of fused-ring (bicyclic) bond motifs is 1. The first-order valence-corrected chi connectivity index (χ1v) is 9.40. The third-order valence-electron chi connectivity index (χ3n) is 4.95. The summed E-state index contributed by atoms with van der Waals surface area (Å²) < 4.78 is 5.33. The standard InChI is InChI=1S/C24H22N2O3/c1-29-19-12-16(15-27)11-18(13-19)26-23(17-7-3-2-4-8-17)24(28)21-14-25-22-10-6-5-9-20(21)22/h2-14,23,25-27H,15H2,1H3. The molecule has 0 fully saturated rings. The van der Waals surface area contributed by atoms with E-state index in [4.69, 9.17) is 4.74 Å². The largest absolute Gasteiger partial charge is 0.497 e. The van der Waals surface area contributed by atoms with Gasteiger partial charge >= 0.3 is 0 Å². The van der Waals surface area contributed by atoms with Crippen LogP contribution < -0.4 is 10.1 Å². The van der Waals surface area contributed by atoms with Crippen molar-refractivity contribution < 1.29 is 14.6 Å². The van der Waals surface area contributed by atoms with Crippen LogP contribution in [0.1, 0.15) is 27.5 Å². The highest BCUT2D eigenvalue weighted by molar-refractivity contribution is 6.11. The van der Waals surface area contributed by atoms with Crippen LogP contribution in [0.5, 0.6) is 5.75 Å². The molecule has 0 radical (unpaired) electrons. The predicted octanol–water partition coefficient (Wildman–Crippen LogP) is 4.70.